The van der Waals surface area contributed by atoms with Gasteiger partial charge in [-0.1, -0.05) is 133 Å². The van der Waals surface area contributed by atoms with Crippen LogP contribution in [0.25, 0.3) is 45.6 Å². The lowest BCUT2D eigenvalue weighted by molar-refractivity contribution is 0.434. The molecule has 1 aliphatic heterocycles. The molecular formula is C43H28N6O. The molecule has 0 N–H and O–H groups in total. The smallest absolute Gasteiger partial charge is 0.163 e. The molecule has 236 valence electrons. The molecule has 0 fully saturated rings. The Labute approximate surface area is 289 Å². The summed E-state index contributed by atoms with van der Waals surface area (Å²) in [7, 11) is 0. The van der Waals surface area contributed by atoms with Crippen LogP contribution in [0.2, 0.25) is 0 Å². The quantitative estimate of drug-likeness (QED) is 0.178. The van der Waals surface area contributed by atoms with Gasteiger partial charge in [0.05, 0.1) is 5.41 Å². The molecule has 8 aromatic rings. The maximum atomic E-state index is 6.57. The number of para-hydroxylation sites is 2. The van der Waals surface area contributed by atoms with Crippen molar-refractivity contribution >= 4 is 0 Å². The zero-order chi connectivity index (χ0) is 33.3. The van der Waals surface area contributed by atoms with E-state index in [2.05, 4.69) is 80.6 Å². The lowest BCUT2D eigenvalue weighted by Gasteiger charge is -2.41. The molecule has 7 nitrogen and oxygen atoms in total. The third kappa shape index (κ3) is 5.00. The van der Waals surface area contributed by atoms with E-state index in [0.717, 1.165) is 56.0 Å². The number of hydrogen-bond acceptors (Lipinski definition) is 7. The normalized spacial score (nSPS) is 12.7. The van der Waals surface area contributed by atoms with Gasteiger partial charge in [-0.25, -0.2) is 29.9 Å². The number of ether oxygens (including phenoxy) is 1. The van der Waals surface area contributed by atoms with Crippen LogP contribution in [-0.4, -0.2) is 29.9 Å². The highest BCUT2D eigenvalue weighted by Gasteiger charge is 2.45. The Morgan fingerprint density at radius 1 is 0.360 bits per heavy atom. The number of nitrogens with zero attached hydrogens (tertiary/aromatic N) is 6. The minimum Gasteiger partial charge on any atom is -0.457 e. The number of fused-ring (bicyclic) bond motifs is 2. The predicted molar refractivity (Wildman–Crippen MR) is 193 cm³/mol. The summed E-state index contributed by atoms with van der Waals surface area (Å²) in [5.74, 6) is 4.02. The number of rotatable bonds is 6. The first kappa shape index (κ1) is 29.3. The Hall–Kier alpha value is -6.86. The zero-order valence-corrected chi connectivity index (χ0v) is 26.8. The minimum absolute atomic E-state index is 0.594. The van der Waals surface area contributed by atoms with Gasteiger partial charge in [-0.2, -0.15) is 0 Å². The summed E-state index contributed by atoms with van der Waals surface area (Å²) in [6.45, 7) is 0. The number of benzene rings is 6. The van der Waals surface area contributed by atoms with Crippen molar-refractivity contribution in [2.24, 2.45) is 0 Å². The zero-order valence-electron chi connectivity index (χ0n) is 26.8. The highest BCUT2D eigenvalue weighted by Crippen LogP contribution is 2.55. The second-order valence-electron chi connectivity index (χ2n) is 12.0. The maximum Gasteiger partial charge on any atom is 0.163 e. The van der Waals surface area contributed by atoms with Crippen molar-refractivity contribution in [3.8, 4) is 57.1 Å². The Morgan fingerprint density at radius 2 is 0.740 bits per heavy atom. The van der Waals surface area contributed by atoms with Crippen molar-refractivity contribution in [2.75, 3.05) is 0 Å². The largest absolute Gasteiger partial charge is 0.457 e. The molecule has 0 amide bonds. The molecule has 3 heterocycles. The van der Waals surface area contributed by atoms with Crippen molar-refractivity contribution in [1.82, 2.24) is 29.9 Å². The first-order valence-corrected chi connectivity index (χ1v) is 16.3. The predicted octanol–water partition coefficient (Wildman–Crippen LogP) is 9.21. The Morgan fingerprint density at radius 3 is 1.20 bits per heavy atom. The first-order valence-electron chi connectivity index (χ1n) is 16.3. The molecule has 50 heavy (non-hydrogen) atoms. The maximum absolute atomic E-state index is 6.57. The van der Waals surface area contributed by atoms with Gasteiger partial charge < -0.3 is 4.74 Å². The third-order valence-corrected chi connectivity index (χ3v) is 9.12. The van der Waals surface area contributed by atoms with E-state index in [1.165, 1.54) is 0 Å². The van der Waals surface area contributed by atoms with Gasteiger partial charge in [0.2, 0.25) is 0 Å². The minimum atomic E-state index is -0.776. The molecule has 7 heteroatoms. The van der Waals surface area contributed by atoms with Crippen LogP contribution < -0.4 is 4.74 Å². The molecule has 0 bridgehead atoms. The highest BCUT2D eigenvalue weighted by molar-refractivity contribution is 5.73. The molecule has 6 aromatic carbocycles. The van der Waals surface area contributed by atoms with E-state index < -0.39 is 5.41 Å². The van der Waals surface area contributed by atoms with Crippen molar-refractivity contribution < 1.29 is 4.74 Å². The molecular weight excluding hydrogens is 617 g/mol. The van der Waals surface area contributed by atoms with Gasteiger partial charge in [-0.05, 0) is 35.4 Å². The third-order valence-electron chi connectivity index (χ3n) is 9.12. The van der Waals surface area contributed by atoms with Crippen LogP contribution in [0.4, 0.5) is 0 Å². The SMILES string of the molecule is c1ccc(-c2ncnc(-c3cccc(C4(c5cccc(-c6ncnc(-c7ccccc7)n6)c5)c5ccccc5Oc5ccccc54)c3)n2)cc1. The molecule has 2 aromatic heterocycles. The van der Waals surface area contributed by atoms with Crippen LogP contribution in [0.1, 0.15) is 22.3 Å². The fourth-order valence-corrected chi connectivity index (χ4v) is 6.89. The van der Waals surface area contributed by atoms with E-state index in [1.54, 1.807) is 12.7 Å². The fourth-order valence-electron chi connectivity index (χ4n) is 6.89. The summed E-state index contributed by atoms with van der Waals surface area (Å²) >= 11 is 0. The van der Waals surface area contributed by atoms with E-state index in [-0.39, 0.29) is 0 Å². The van der Waals surface area contributed by atoms with Crippen LogP contribution in [0.15, 0.2) is 170 Å². The first-order chi connectivity index (χ1) is 24.8. The number of aromatic nitrogens is 6. The van der Waals surface area contributed by atoms with Crippen LogP contribution in [0.5, 0.6) is 11.5 Å². The van der Waals surface area contributed by atoms with Crippen LogP contribution in [0.3, 0.4) is 0 Å². The van der Waals surface area contributed by atoms with Crippen molar-refractivity contribution in [1.29, 1.82) is 0 Å². The van der Waals surface area contributed by atoms with Gasteiger partial charge in [0.25, 0.3) is 0 Å². The fraction of sp³-hybridized carbons (Fsp3) is 0.0233. The summed E-state index contributed by atoms with van der Waals surface area (Å²) in [6.07, 6.45) is 3.15. The summed E-state index contributed by atoms with van der Waals surface area (Å²) < 4.78 is 6.57. The van der Waals surface area contributed by atoms with E-state index in [4.69, 9.17) is 14.7 Å². The Kier molecular flexibility index (Phi) is 7.21. The van der Waals surface area contributed by atoms with Gasteiger partial charge in [-0.3, -0.25) is 0 Å². The molecule has 9 rings (SSSR count). The van der Waals surface area contributed by atoms with E-state index in [0.29, 0.717) is 23.3 Å². The summed E-state index contributed by atoms with van der Waals surface area (Å²) in [6, 6.07) is 53.4. The number of hydrogen-bond donors (Lipinski definition) is 0. The van der Waals surface area contributed by atoms with Gasteiger partial charge in [0.1, 0.15) is 24.2 Å². The molecule has 0 saturated carbocycles. The highest BCUT2D eigenvalue weighted by atomic mass is 16.5. The Bertz CT molecular complexity index is 2310. The van der Waals surface area contributed by atoms with Crippen molar-refractivity contribution in [3.63, 3.8) is 0 Å². The van der Waals surface area contributed by atoms with Gasteiger partial charge in [0.15, 0.2) is 23.3 Å². The van der Waals surface area contributed by atoms with Crippen molar-refractivity contribution in [3.05, 3.63) is 193 Å². The lowest BCUT2D eigenvalue weighted by Crippen LogP contribution is -2.34. The van der Waals surface area contributed by atoms with Crippen LogP contribution >= 0.6 is 0 Å². The molecule has 0 saturated heterocycles. The van der Waals surface area contributed by atoms with Crippen LogP contribution in [0, 0.1) is 0 Å². The molecule has 0 unspecified atom stereocenters. The average molecular weight is 645 g/mol. The molecule has 0 radical (unpaired) electrons. The van der Waals surface area contributed by atoms with Gasteiger partial charge in [0, 0.05) is 33.4 Å². The summed E-state index contributed by atoms with van der Waals surface area (Å²) in [5, 5.41) is 0. The molecule has 0 atom stereocenters. The van der Waals surface area contributed by atoms with E-state index in [9.17, 15) is 0 Å². The standard InChI is InChI=1S/C43H28N6O/c1-3-13-29(14-4-1)39-44-27-46-41(48-39)31-17-11-19-33(25-31)43(35-21-7-9-23-37(35)50-38-24-10-8-22-36(38)43)34-20-12-18-32(26-34)42-47-28-45-40(49-42)30-15-5-2-6-16-30/h1-28H. The molecule has 1 aliphatic rings. The van der Waals surface area contributed by atoms with E-state index in [1.807, 2.05) is 97.1 Å². The second-order valence-corrected chi connectivity index (χ2v) is 12.0. The van der Waals surface area contributed by atoms with Gasteiger partial charge >= 0.3 is 0 Å². The monoisotopic (exact) mass is 644 g/mol. The molecule has 0 aliphatic carbocycles. The lowest BCUT2D eigenvalue weighted by atomic mass is 9.63. The average Bonchev–Trinajstić information content (AvgIpc) is 3.21. The van der Waals surface area contributed by atoms with E-state index >= 15 is 0 Å². The van der Waals surface area contributed by atoms with Crippen LogP contribution in [-0.2, 0) is 5.41 Å². The second kappa shape index (κ2) is 12.3. The molecule has 0 spiro atoms. The van der Waals surface area contributed by atoms with Crippen molar-refractivity contribution in [2.45, 2.75) is 5.41 Å². The Balaban J connectivity index is 1.26. The van der Waals surface area contributed by atoms with Gasteiger partial charge in [-0.15, -0.1) is 0 Å². The summed E-state index contributed by atoms with van der Waals surface area (Å²) in [4.78, 5) is 28.0. The topological polar surface area (TPSA) is 86.6 Å². The summed E-state index contributed by atoms with van der Waals surface area (Å²) in [5.41, 5.74) is 6.97.